The highest BCUT2D eigenvalue weighted by Crippen LogP contribution is 2.26. The molecule has 18 heavy (non-hydrogen) atoms. The van der Waals surface area contributed by atoms with Crippen LogP contribution in [0.1, 0.15) is 32.2 Å². The molecule has 1 unspecified atom stereocenters. The monoisotopic (exact) mass is 289 g/mol. The molecule has 5 heteroatoms. The number of aryl methyl sites for hydroxylation is 2. The van der Waals surface area contributed by atoms with Gasteiger partial charge in [-0.05, 0) is 14.0 Å². The maximum Gasteiger partial charge on any atom is 0.0847 e. The summed E-state index contributed by atoms with van der Waals surface area (Å²) in [6, 6.07) is 0.418. The first kappa shape index (κ1) is 15.9. The molecule has 0 bridgehead atoms. The minimum absolute atomic E-state index is 0.293. The molecule has 0 aliphatic carbocycles. The van der Waals surface area contributed by atoms with Crippen LogP contribution in [0.2, 0.25) is 5.02 Å². The van der Waals surface area contributed by atoms with Crippen LogP contribution in [0.3, 0.4) is 0 Å². The van der Waals surface area contributed by atoms with Crippen molar-refractivity contribution in [3.05, 3.63) is 16.4 Å². The van der Waals surface area contributed by atoms with Gasteiger partial charge >= 0.3 is 0 Å². The first-order valence-electron chi connectivity index (χ1n) is 6.23. The number of likely N-dealkylation sites (N-methyl/N-ethyl adjacent to an activating group) is 1. The highest BCUT2D eigenvalue weighted by molar-refractivity contribution is 8.00. The van der Waals surface area contributed by atoms with E-state index in [1.54, 1.807) is 0 Å². The lowest BCUT2D eigenvalue weighted by atomic mass is 10.2. The number of nitrogens with zero attached hydrogens (tertiary/aromatic N) is 2. The average molecular weight is 290 g/mol. The van der Waals surface area contributed by atoms with Crippen molar-refractivity contribution >= 4 is 23.4 Å². The number of nitrogens with one attached hydrogen (secondary N) is 1. The summed E-state index contributed by atoms with van der Waals surface area (Å²) in [5.41, 5.74) is 2.02. The Labute approximate surface area is 120 Å². The lowest BCUT2D eigenvalue weighted by Crippen LogP contribution is -2.32. The Morgan fingerprint density at radius 2 is 2.06 bits per heavy atom. The van der Waals surface area contributed by atoms with Crippen LogP contribution < -0.4 is 5.32 Å². The third-order valence-electron chi connectivity index (χ3n) is 2.83. The molecule has 0 radical (unpaired) electrons. The Bertz CT molecular complexity index is 396. The fourth-order valence-electron chi connectivity index (χ4n) is 1.73. The quantitative estimate of drug-likeness (QED) is 0.904. The van der Waals surface area contributed by atoms with Crippen molar-refractivity contribution in [3.63, 3.8) is 0 Å². The van der Waals surface area contributed by atoms with E-state index in [2.05, 4.69) is 31.2 Å². The SMILES string of the molecule is CNC(CSC(C)(C)C)Cc1c(Cl)c(C)nn1C. The van der Waals surface area contributed by atoms with Gasteiger partial charge in [0.05, 0.1) is 16.4 Å². The summed E-state index contributed by atoms with van der Waals surface area (Å²) in [6.45, 7) is 8.67. The molecule has 0 aliphatic rings. The zero-order valence-electron chi connectivity index (χ0n) is 12.2. The van der Waals surface area contributed by atoms with Gasteiger partial charge in [-0.15, -0.1) is 0 Å². The third-order valence-corrected chi connectivity index (χ3v) is 4.75. The Morgan fingerprint density at radius 1 is 1.44 bits per heavy atom. The molecule has 1 rings (SSSR count). The molecule has 1 N–H and O–H groups in total. The molecule has 0 spiro atoms. The number of halogens is 1. The van der Waals surface area contributed by atoms with E-state index in [1.807, 2.05) is 37.5 Å². The van der Waals surface area contributed by atoms with Gasteiger partial charge in [0.15, 0.2) is 0 Å². The van der Waals surface area contributed by atoms with E-state index < -0.39 is 0 Å². The van der Waals surface area contributed by atoms with E-state index in [0.717, 1.165) is 28.6 Å². The lowest BCUT2D eigenvalue weighted by Gasteiger charge is -2.22. The number of thioether (sulfide) groups is 1. The molecule has 1 aromatic rings. The number of aromatic nitrogens is 2. The van der Waals surface area contributed by atoms with Crippen molar-refractivity contribution in [2.45, 2.75) is 44.9 Å². The van der Waals surface area contributed by atoms with E-state index in [9.17, 15) is 0 Å². The van der Waals surface area contributed by atoms with E-state index in [-0.39, 0.29) is 0 Å². The molecule has 0 aliphatic heterocycles. The Morgan fingerprint density at radius 3 is 2.44 bits per heavy atom. The van der Waals surface area contributed by atoms with Crippen molar-refractivity contribution in [1.29, 1.82) is 0 Å². The first-order chi connectivity index (χ1) is 8.24. The molecule has 104 valence electrons. The number of hydrogen-bond donors (Lipinski definition) is 1. The maximum absolute atomic E-state index is 6.29. The van der Waals surface area contributed by atoms with E-state index in [4.69, 9.17) is 11.6 Å². The molecular weight excluding hydrogens is 266 g/mol. The molecular formula is C13H24ClN3S. The van der Waals surface area contributed by atoms with E-state index in [1.165, 1.54) is 0 Å². The zero-order valence-corrected chi connectivity index (χ0v) is 13.7. The summed E-state index contributed by atoms with van der Waals surface area (Å²) < 4.78 is 2.19. The van der Waals surface area contributed by atoms with Crippen molar-refractivity contribution in [3.8, 4) is 0 Å². The fourth-order valence-corrected chi connectivity index (χ4v) is 2.95. The highest BCUT2D eigenvalue weighted by atomic mass is 35.5. The number of rotatable bonds is 5. The maximum atomic E-state index is 6.29. The summed E-state index contributed by atoms with van der Waals surface area (Å²) in [5.74, 6) is 1.07. The summed E-state index contributed by atoms with van der Waals surface area (Å²) >= 11 is 8.26. The largest absolute Gasteiger partial charge is 0.316 e. The Hall–Kier alpha value is -0.190. The van der Waals surface area contributed by atoms with E-state index in [0.29, 0.717) is 10.8 Å². The minimum Gasteiger partial charge on any atom is -0.316 e. The summed E-state index contributed by atoms with van der Waals surface area (Å²) in [5, 5.41) is 8.53. The average Bonchev–Trinajstić information content (AvgIpc) is 2.48. The van der Waals surface area contributed by atoms with Gasteiger partial charge in [0, 0.05) is 30.0 Å². The smallest absolute Gasteiger partial charge is 0.0847 e. The second-order valence-corrected chi connectivity index (χ2v) is 7.81. The second-order valence-electron chi connectivity index (χ2n) is 5.58. The topological polar surface area (TPSA) is 29.9 Å². The van der Waals surface area contributed by atoms with Gasteiger partial charge < -0.3 is 5.32 Å². The lowest BCUT2D eigenvalue weighted by molar-refractivity contribution is 0.580. The van der Waals surface area contributed by atoms with E-state index >= 15 is 0 Å². The highest BCUT2D eigenvalue weighted by Gasteiger charge is 2.18. The van der Waals surface area contributed by atoms with Crippen LogP contribution >= 0.6 is 23.4 Å². The van der Waals surface area contributed by atoms with Crippen LogP contribution in [0.25, 0.3) is 0 Å². The minimum atomic E-state index is 0.293. The van der Waals surface area contributed by atoms with Gasteiger partial charge in [0.2, 0.25) is 0 Å². The van der Waals surface area contributed by atoms with Crippen molar-refractivity contribution in [2.24, 2.45) is 7.05 Å². The predicted molar refractivity (Wildman–Crippen MR) is 81.7 cm³/mol. The van der Waals surface area contributed by atoms with Crippen molar-refractivity contribution < 1.29 is 0 Å². The van der Waals surface area contributed by atoms with Crippen LogP contribution in [-0.2, 0) is 13.5 Å². The van der Waals surface area contributed by atoms with Crippen LogP contribution in [-0.4, -0.2) is 33.4 Å². The molecule has 0 aromatic carbocycles. The Kier molecular flexibility index (Phi) is 5.56. The predicted octanol–water partition coefficient (Wildman–Crippen LogP) is 3.04. The van der Waals surface area contributed by atoms with Crippen LogP contribution in [0.15, 0.2) is 0 Å². The van der Waals surface area contributed by atoms with Crippen LogP contribution in [0.5, 0.6) is 0 Å². The molecule has 0 saturated carbocycles. The van der Waals surface area contributed by atoms with Gasteiger partial charge in [0.25, 0.3) is 0 Å². The van der Waals surface area contributed by atoms with Crippen LogP contribution in [0, 0.1) is 6.92 Å². The number of hydrogen-bond acceptors (Lipinski definition) is 3. The van der Waals surface area contributed by atoms with Crippen molar-refractivity contribution in [1.82, 2.24) is 15.1 Å². The molecule has 1 atom stereocenters. The molecule has 1 heterocycles. The molecule has 0 fully saturated rings. The first-order valence-corrected chi connectivity index (χ1v) is 7.60. The van der Waals surface area contributed by atoms with Gasteiger partial charge in [-0.2, -0.15) is 16.9 Å². The van der Waals surface area contributed by atoms with Gasteiger partial charge in [-0.25, -0.2) is 0 Å². The normalized spacial score (nSPS) is 13.9. The molecule has 3 nitrogen and oxygen atoms in total. The summed E-state index contributed by atoms with van der Waals surface area (Å²) in [7, 11) is 3.96. The van der Waals surface area contributed by atoms with Crippen LogP contribution in [0.4, 0.5) is 0 Å². The Balaban J connectivity index is 2.68. The summed E-state index contributed by atoms with van der Waals surface area (Å²) in [4.78, 5) is 0. The molecule has 0 amide bonds. The zero-order chi connectivity index (χ0) is 13.9. The van der Waals surface area contributed by atoms with Gasteiger partial charge in [-0.3, -0.25) is 4.68 Å². The molecule has 1 aromatic heterocycles. The molecule has 0 saturated heterocycles. The fraction of sp³-hybridized carbons (Fsp3) is 0.769. The van der Waals surface area contributed by atoms with Gasteiger partial charge in [0.1, 0.15) is 0 Å². The third kappa shape index (κ3) is 4.48. The summed E-state index contributed by atoms with van der Waals surface area (Å²) in [6.07, 6.45) is 0.912. The van der Waals surface area contributed by atoms with Crippen molar-refractivity contribution in [2.75, 3.05) is 12.8 Å². The standard InChI is InChI=1S/C13H24ClN3S/c1-9-12(14)11(17(6)16-9)7-10(15-5)8-18-13(2,3)4/h10,15H,7-8H2,1-6H3. The second kappa shape index (κ2) is 6.31. The van der Waals surface area contributed by atoms with Gasteiger partial charge in [-0.1, -0.05) is 32.4 Å².